The minimum absolute atomic E-state index is 0.150. The Morgan fingerprint density at radius 3 is 1.04 bits per heavy atom. The van der Waals surface area contributed by atoms with E-state index in [0.29, 0.717) is 17.4 Å². The van der Waals surface area contributed by atoms with Gasteiger partial charge in [-0.25, -0.2) is 0 Å². The molecule has 0 rings (SSSR count). The minimum atomic E-state index is -1.62. The van der Waals surface area contributed by atoms with Crippen LogP contribution in [0.2, 0.25) is 0 Å². The monoisotopic (exact) mass is 1150 g/mol. The Morgan fingerprint density at radius 2 is 0.695 bits per heavy atom. The Balaban J connectivity index is 3.98. The molecule has 0 aliphatic heterocycles. The topological polar surface area (TPSA) is 111 Å². The molecule has 0 spiro atoms. The van der Waals surface area contributed by atoms with E-state index in [9.17, 15) is 19.5 Å². The number of carboxylic acids is 1. The summed E-state index contributed by atoms with van der Waals surface area (Å²) in [6.07, 6.45) is 80.3. The van der Waals surface area contributed by atoms with Crippen molar-refractivity contribution in [3.63, 3.8) is 0 Å². The van der Waals surface area contributed by atoms with Gasteiger partial charge in [-0.2, -0.15) is 0 Å². The van der Waals surface area contributed by atoms with E-state index in [4.69, 9.17) is 18.9 Å². The first kappa shape index (κ1) is 79.0. The molecule has 0 amide bonds. The highest BCUT2D eigenvalue weighted by Gasteiger charge is 2.22. The molecular weight excluding hydrogens is 1020 g/mol. The molecule has 0 fully saturated rings. The van der Waals surface area contributed by atoms with Crippen LogP contribution in [0, 0.1) is 0 Å². The van der Waals surface area contributed by atoms with Crippen molar-refractivity contribution in [1.29, 1.82) is 0 Å². The molecule has 0 aromatic rings. The highest BCUT2D eigenvalue weighted by molar-refractivity contribution is 5.70. The van der Waals surface area contributed by atoms with E-state index in [-0.39, 0.29) is 32.2 Å². The maximum Gasteiger partial charge on any atom is 0.306 e. The molecule has 0 N–H and O–H groups in total. The van der Waals surface area contributed by atoms with Gasteiger partial charge in [-0.3, -0.25) is 9.59 Å². The molecule has 0 radical (unpaired) electrons. The third-order valence-corrected chi connectivity index (χ3v) is 15.5. The second-order valence-corrected chi connectivity index (χ2v) is 24.8. The summed E-state index contributed by atoms with van der Waals surface area (Å²) in [6, 6.07) is 0. The number of carbonyl (C=O) groups excluding carboxylic acids is 3. The first-order valence-corrected chi connectivity index (χ1v) is 34.9. The quantitative estimate of drug-likeness (QED) is 0.0195. The van der Waals surface area contributed by atoms with Crippen LogP contribution in [0.4, 0.5) is 0 Å². The fourth-order valence-electron chi connectivity index (χ4n) is 10.2. The number of hydrogen-bond donors (Lipinski definition) is 0. The highest BCUT2D eigenvalue weighted by atomic mass is 16.7. The number of carbonyl (C=O) groups is 3. The van der Waals surface area contributed by atoms with Crippen LogP contribution in [0.1, 0.15) is 328 Å². The van der Waals surface area contributed by atoms with Crippen molar-refractivity contribution in [2.45, 2.75) is 341 Å². The first-order chi connectivity index (χ1) is 40.1. The number of aliphatic carboxylic acids is 1. The summed E-state index contributed by atoms with van der Waals surface area (Å²) in [5.41, 5.74) is 0. The molecule has 0 saturated carbocycles. The van der Waals surface area contributed by atoms with Gasteiger partial charge in [0.1, 0.15) is 13.2 Å². The molecule has 0 heterocycles. The number of nitrogens with zero attached hydrogens (tertiary/aromatic N) is 1. The summed E-state index contributed by atoms with van der Waals surface area (Å²) in [4.78, 5) is 37.4. The van der Waals surface area contributed by atoms with E-state index in [1.165, 1.54) is 231 Å². The van der Waals surface area contributed by atoms with E-state index in [0.717, 1.165) is 70.6 Å². The molecule has 2 unspecified atom stereocenters. The predicted octanol–water partition coefficient (Wildman–Crippen LogP) is 20.2. The normalized spacial score (nSPS) is 13.0. The number of likely N-dealkylation sites (N-methyl/N-ethyl adjacent to an activating group) is 1. The summed E-state index contributed by atoms with van der Waals surface area (Å²) in [5.74, 6) is -2.26. The van der Waals surface area contributed by atoms with Crippen molar-refractivity contribution in [2.75, 3.05) is 47.5 Å². The number of carboxylic acid groups (broad SMARTS) is 1. The molecule has 478 valence electrons. The number of esters is 2. The van der Waals surface area contributed by atoms with Gasteiger partial charge in [-0.05, 0) is 57.8 Å². The van der Waals surface area contributed by atoms with Crippen LogP contribution in [0.25, 0.3) is 0 Å². The van der Waals surface area contributed by atoms with Crippen molar-refractivity contribution in [3.05, 3.63) is 60.8 Å². The van der Waals surface area contributed by atoms with E-state index >= 15 is 0 Å². The van der Waals surface area contributed by atoms with E-state index in [1.807, 2.05) is 21.1 Å². The van der Waals surface area contributed by atoms with Crippen LogP contribution in [-0.4, -0.2) is 82.3 Å². The second kappa shape index (κ2) is 64.0. The van der Waals surface area contributed by atoms with Crippen molar-refractivity contribution in [2.24, 2.45) is 0 Å². The number of unbranched alkanes of at least 4 members (excludes halogenated alkanes) is 40. The average molecular weight is 1150 g/mol. The Bertz CT molecular complexity index is 1530. The van der Waals surface area contributed by atoms with E-state index in [2.05, 4.69) is 74.6 Å². The van der Waals surface area contributed by atoms with Gasteiger partial charge in [0.15, 0.2) is 12.4 Å². The van der Waals surface area contributed by atoms with Gasteiger partial charge in [0.05, 0.1) is 40.3 Å². The zero-order valence-corrected chi connectivity index (χ0v) is 54.6. The summed E-state index contributed by atoms with van der Waals surface area (Å²) >= 11 is 0. The average Bonchev–Trinajstić information content (AvgIpc) is 3.45. The lowest BCUT2D eigenvalue weighted by Gasteiger charge is -2.26. The maximum absolute atomic E-state index is 12.9. The molecule has 9 heteroatoms. The zero-order valence-electron chi connectivity index (χ0n) is 54.6. The van der Waals surface area contributed by atoms with Gasteiger partial charge in [-0.1, -0.05) is 319 Å². The predicted molar refractivity (Wildman–Crippen MR) is 348 cm³/mol. The molecule has 0 aliphatic rings. The van der Waals surface area contributed by atoms with Gasteiger partial charge < -0.3 is 33.3 Å². The maximum atomic E-state index is 12.9. The van der Waals surface area contributed by atoms with Crippen LogP contribution < -0.4 is 5.11 Å². The minimum Gasteiger partial charge on any atom is -0.545 e. The largest absolute Gasteiger partial charge is 0.545 e. The molecule has 0 bridgehead atoms. The fourth-order valence-corrected chi connectivity index (χ4v) is 10.2. The number of quaternary nitrogens is 1. The molecule has 0 saturated heterocycles. The van der Waals surface area contributed by atoms with Crippen LogP contribution >= 0.6 is 0 Å². The summed E-state index contributed by atoms with van der Waals surface area (Å²) in [6.45, 7) is 4.69. The third kappa shape index (κ3) is 64.5. The smallest absolute Gasteiger partial charge is 0.306 e. The Labute approximate surface area is 507 Å². The number of hydrogen-bond acceptors (Lipinski definition) is 8. The van der Waals surface area contributed by atoms with Crippen molar-refractivity contribution in [3.8, 4) is 0 Å². The summed E-state index contributed by atoms with van der Waals surface area (Å²) in [7, 11) is 5.94. The zero-order chi connectivity index (χ0) is 59.8. The number of allylic oxidation sites excluding steroid dienone is 10. The van der Waals surface area contributed by atoms with Crippen molar-refractivity contribution < 1.29 is 42.9 Å². The van der Waals surface area contributed by atoms with Gasteiger partial charge >= 0.3 is 11.9 Å². The van der Waals surface area contributed by atoms with Crippen LogP contribution in [0.3, 0.4) is 0 Å². The molecular formula is C73H133NO8. The summed E-state index contributed by atoms with van der Waals surface area (Å²) in [5, 5.41) is 11.8. The van der Waals surface area contributed by atoms with Crippen molar-refractivity contribution >= 4 is 17.9 Å². The van der Waals surface area contributed by atoms with Crippen molar-refractivity contribution in [1.82, 2.24) is 0 Å². The van der Waals surface area contributed by atoms with E-state index < -0.39 is 24.3 Å². The number of ether oxygens (including phenoxy) is 4. The van der Waals surface area contributed by atoms with Crippen LogP contribution in [0.15, 0.2) is 60.8 Å². The molecule has 2 atom stereocenters. The highest BCUT2D eigenvalue weighted by Crippen LogP contribution is 2.18. The fraction of sp³-hybridized carbons (Fsp3) is 0.822. The molecule has 9 nitrogen and oxygen atoms in total. The lowest BCUT2D eigenvalue weighted by atomic mass is 10.0. The Hall–Kier alpha value is -3.01. The lowest BCUT2D eigenvalue weighted by molar-refractivity contribution is -0.870. The lowest BCUT2D eigenvalue weighted by Crippen LogP contribution is -2.44. The molecule has 82 heavy (non-hydrogen) atoms. The van der Waals surface area contributed by atoms with Crippen LogP contribution in [0.5, 0.6) is 0 Å². The van der Waals surface area contributed by atoms with Gasteiger partial charge in [0.2, 0.25) is 0 Å². The van der Waals surface area contributed by atoms with Crippen LogP contribution in [-0.2, 0) is 33.3 Å². The first-order valence-electron chi connectivity index (χ1n) is 34.9. The standard InChI is InChI=1S/C73H133NO8/c1-6-8-10-12-14-16-18-20-22-24-26-27-28-29-30-31-32-33-34-35-36-37-38-39-40-41-42-43-44-45-46-48-50-52-54-56-58-60-62-64-71(76)82-69(68-81-73(72(77)78)79-66-65-74(3,4)5)67-80-70(75)63-61-59-57-55-53-51-49-47-25-23-21-19-17-15-13-11-9-7-2/h8,10,14,16,20,22,26-27,29-30,69,73H,6-7,9,11-13,15,17-19,21,23-25,28,31-68H2,1-5H3/b10-8-,16-14-,22-20-,27-26-,30-29-. The molecule has 0 aromatic carbocycles. The number of rotatable bonds is 65. The second-order valence-electron chi connectivity index (χ2n) is 24.8. The Morgan fingerprint density at radius 1 is 0.378 bits per heavy atom. The van der Waals surface area contributed by atoms with Gasteiger partial charge in [0, 0.05) is 12.8 Å². The van der Waals surface area contributed by atoms with Gasteiger partial charge in [0.25, 0.3) is 0 Å². The SMILES string of the molecule is CC/C=C\C/C=C\C/C=C\C/C=C\C/C=C\CCCCCCCCCCCCCCCCCCCCCCCCCC(=O)OC(COC(=O)CCCCCCCCCCCCCCCCCCCC)COC(OCC[N+](C)(C)C)C(=O)[O-]. The molecule has 0 aliphatic carbocycles. The third-order valence-electron chi connectivity index (χ3n) is 15.5. The van der Waals surface area contributed by atoms with Gasteiger partial charge in [-0.15, -0.1) is 0 Å². The summed E-state index contributed by atoms with van der Waals surface area (Å²) < 4.78 is 22.8. The van der Waals surface area contributed by atoms with E-state index in [1.54, 1.807) is 0 Å². The Kier molecular flexibility index (Phi) is 61.6. The molecule has 0 aromatic heterocycles.